The predicted molar refractivity (Wildman–Crippen MR) is 77.4 cm³/mol. The molecule has 2 nitrogen and oxygen atoms in total. The van der Waals surface area contributed by atoms with Crippen molar-refractivity contribution >= 4 is 45.0 Å². The lowest BCUT2D eigenvalue weighted by molar-refractivity contribution is 1.13. The first-order valence-corrected chi connectivity index (χ1v) is 7.09. The molecule has 0 aliphatic carbocycles. The summed E-state index contributed by atoms with van der Waals surface area (Å²) in [5.74, 6) is 0.829. The van der Waals surface area contributed by atoms with Gasteiger partial charge in [0.15, 0.2) is 0 Å². The van der Waals surface area contributed by atoms with Crippen LogP contribution in [0.2, 0.25) is 5.02 Å². The van der Waals surface area contributed by atoms with Gasteiger partial charge in [-0.15, -0.1) is 0 Å². The van der Waals surface area contributed by atoms with E-state index < -0.39 is 0 Å². The summed E-state index contributed by atoms with van der Waals surface area (Å²) in [7, 11) is 0. The Balaban J connectivity index is 2.04. The maximum absolute atomic E-state index is 5.88. The Kier molecular flexibility index (Phi) is 4.31. The smallest absolute Gasteiger partial charge is 0.119 e. The van der Waals surface area contributed by atoms with E-state index in [0.29, 0.717) is 5.69 Å². The van der Waals surface area contributed by atoms with Gasteiger partial charge in [-0.1, -0.05) is 35.5 Å². The van der Waals surface area contributed by atoms with Crippen LogP contribution in [0.3, 0.4) is 0 Å². The number of rotatable bonds is 3. The number of hydrogen-bond acceptors (Lipinski definition) is 3. The minimum absolute atomic E-state index is 0.693. The highest BCUT2D eigenvalue weighted by Crippen LogP contribution is 2.28. The Bertz CT molecular complexity index is 516. The Morgan fingerprint density at radius 1 is 1.29 bits per heavy atom. The topological polar surface area (TPSA) is 38.9 Å². The monoisotopic (exact) mass is 328 g/mol. The zero-order valence-corrected chi connectivity index (χ0v) is 12.0. The molecule has 1 heterocycles. The second kappa shape index (κ2) is 5.76. The number of thioether (sulfide) groups is 1. The molecule has 0 saturated heterocycles. The summed E-state index contributed by atoms with van der Waals surface area (Å²) in [6.45, 7) is 0. The third-order valence-corrected chi connectivity index (χ3v) is 3.91. The van der Waals surface area contributed by atoms with Gasteiger partial charge in [-0.3, -0.25) is 0 Å². The number of anilines is 1. The Morgan fingerprint density at radius 3 is 2.65 bits per heavy atom. The summed E-state index contributed by atoms with van der Waals surface area (Å²) in [6, 6.07) is 9.64. The van der Waals surface area contributed by atoms with E-state index in [4.69, 9.17) is 17.3 Å². The lowest BCUT2D eigenvalue weighted by Crippen LogP contribution is -1.92. The molecule has 2 rings (SSSR count). The predicted octanol–water partition coefficient (Wildman–Crippen LogP) is 4.37. The van der Waals surface area contributed by atoms with Gasteiger partial charge in [0, 0.05) is 21.4 Å². The fraction of sp³-hybridized carbons (Fsp3) is 0.0833. The Labute approximate surface area is 118 Å². The molecule has 0 unspecified atom stereocenters. The number of pyridine rings is 1. The van der Waals surface area contributed by atoms with Crippen LogP contribution in [0.5, 0.6) is 0 Å². The van der Waals surface area contributed by atoms with E-state index in [2.05, 4.69) is 20.9 Å². The molecule has 0 bridgehead atoms. The maximum atomic E-state index is 5.88. The molecule has 0 radical (unpaired) electrons. The Morgan fingerprint density at radius 2 is 2.00 bits per heavy atom. The van der Waals surface area contributed by atoms with Gasteiger partial charge in [-0.2, -0.15) is 0 Å². The van der Waals surface area contributed by atoms with Gasteiger partial charge in [0.25, 0.3) is 0 Å². The van der Waals surface area contributed by atoms with Crippen LogP contribution in [0.4, 0.5) is 5.69 Å². The normalized spacial score (nSPS) is 10.5. The molecule has 17 heavy (non-hydrogen) atoms. The first-order chi connectivity index (χ1) is 8.15. The minimum atomic E-state index is 0.693. The highest BCUT2D eigenvalue weighted by Gasteiger charge is 2.03. The second-order valence-corrected chi connectivity index (χ2v) is 5.78. The molecule has 0 amide bonds. The first kappa shape index (κ1) is 12.7. The summed E-state index contributed by atoms with van der Waals surface area (Å²) in [6.07, 6.45) is 1.75. The fourth-order valence-electron chi connectivity index (χ4n) is 1.30. The van der Waals surface area contributed by atoms with Crippen molar-refractivity contribution in [2.75, 3.05) is 5.73 Å². The summed E-state index contributed by atoms with van der Waals surface area (Å²) in [4.78, 5) is 4.28. The van der Waals surface area contributed by atoms with Crippen LogP contribution in [0.25, 0.3) is 0 Å². The molecule has 0 aliphatic rings. The molecule has 1 aromatic carbocycles. The van der Waals surface area contributed by atoms with Gasteiger partial charge in [0.1, 0.15) is 5.03 Å². The summed E-state index contributed by atoms with van der Waals surface area (Å²) < 4.78 is 0.894. The van der Waals surface area contributed by atoms with Crippen LogP contribution in [-0.4, -0.2) is 4.98 Å². The molecule has 88 valence electrons. The van der Waals surface area contributed by atoms with E-state index >= 15 is 0 Å². The molecule has 1 aromatic heterocycles. The van der Waals surface area contributed by atoms with Gasteiger partial charge in [0.05, 0.1) is 5.69 Å². The van der Waals surface area contributed by atoms with Crippen molar-refractivity contribution in [1.82, 2.24) is 4.98 Å². The molecule has 5 heteroatoms. The van der Waals surface area contributed by atoms with Crippen molar-refractivity contribution in [3.8, 4) is 0 Å². The van der Waals surface area contributed by atoms with E-state index in [9.17, 15) is 0 Å². The first-order valence-electron chi connectivity index (χ1n) is 4.93. The molecule has 0 saturated carbocycles. The van der Waals surface area contributed by atoms with Crippen LogP contribution in [-0.2, 0) is 5.75 Å². The lowest BCUT2D eigenvalue weighted by Gasteiger charge is -2.05. The number of halogens is 2. The van der Waals surface area contributed by atoms with Crippen LogP contribution in [0, 0.1) is 0 Å². The van der Waals surface area contributed by atoms with Crippen molar-refractivity contribution in [2.24, 2.45) is 0 Å². The van der Waals surface area contributed by atoms with Crippen molar-refractivity contribution in [3.05, 3.63) is 51.6 Å². The van der Waals surface area contributed by atoms with Crippen LogP contribution < -0.4 is 5.73 Å². The molecule has 2 N–H and O–H groups in total. The van der Waals surface area contributed by atoms with Crippen LogP contribution in [0.15, 0.2) is 46.0 Å². The Hall–Kier alpha value is -0.710. The van der Waals surface area contributed by atoms with Gasteiger partial charge < -0.3 is 5.73 Å². The van der Waals surface area contributed by atoms with Crippen molar-refractivity contribution < 1.29 is 0 Å². The summed E-state index contributed by atoms with van der Waals surface area (Å²) in [5.41, 5.74) is 7.77. The van der Waals surface area contributed by atoms with Gasteiger partial charge >= 0.3 is 0 Å². The van der Waals surface area contributed by atoms with Crippen molar-refractivity contribution in [1.29, 1.82) is 0 Å². The zero-order chi connectivity index (χ0) is 12.3. The quantitative estimate of drug-likeness (QED) is 0.850. The molecule has 0 aliphatic heterocycles. The number of nitrogens with two attached hydrogens (primary N) is 1. The maximum Gasteiger partial charge on any atom is 0.119 e. The number of benzene rings is 1. The minimum Gasteiger partial charge on any atom is -0.397 e. The highest BCUT2D eigenvalue weighted by atomic mass is 79.9. The molecule has 0 spiro atoms. The molecule has 0 atom stereocenters. The zero-order valence-electron chi connectivity index (χ0n) is 8.86. The molecular formula is C12H10BrClN2S. The fourth-order valence-corrected chi connectivity index (χ4v) is 2.62. The third-order valence-electron chi connectivity index (χ3n) is 2.13. The number of nitrogens with zero attached hydrogens (tertiary/aromatic N) is 1. The number of nitrogen functional groups attached to an aromatic ring is 1. The van der Waals surface area contributed by atoms with Crippen molar-refractivity contribution in [2.45, 2.75) is 10.8 Å². The van der Waals surface area contributed by atoms with Crippen LogP contribution >= 0.6 is 39.3 Å². The second-order valence-electron chi connectivity index (χ2n) is 3.46. The molecule has 0 fully saturated rings. The molecule has 2 aromatic rings. The standard InChI is InChI=1S/C12H10BrClN2S/c13-9-5-11(15)12(16-6-9)17-7-8-1-3-10(14)4-2-8/h1-6H,7,15H2. The van der Waals surface area contributed by atoms with E-state index in [1.807, 2.05) is 30.3 Å². The third kappa shape index (κ3) is 3.63. The van der Waals surface area contributed by atoms with Gasteiger partial charge in [-0.25, -0.2) is 4.98 Å². The van der Waals surface area contributed by atoms with Crippen LogP contribution in [0.1, 0.15) is 5.56 Å². The van der Waals surface area contributed by atoms with E-state index in [1.165, 1.54) is 5.56 Å². The average Bonchev–Trinajstić information content (AvgIpc) is 2.30. The van der Waals surface area contributed by atoms with Gasteiger partial charge in [0.2, 0.25) is 0 Å². The molecular weight excluding hydrogens is 320 g/mol. The lowest BCUT2D eigenvalue weighted by atomic mass is 10.2. The van der Waals surface area contributed by atoms with Gasteiger partial charge in [-0.05, 0) is 39.7 Å². The number of aromatic nitrogens is 1. The summed E-state index contributed by atoms with van der Waals surface area (Å²) in [5, 5.41) is 1.60. The average molecular weight is 330 g/mol. The van der Waals surface area contributed by atoms with E-state index in [0.717, 1.165) is 20.3 Å². The summed E-state index contributed by atoms with van der Waals surface area (Å²) >= 11 is 10.8. The largest absolute Gasteiger partial charge is 0.397 e. The van der Waals surface area contributed by atoms with Crippen molar-refractivity contribution in [3.63, 3.8) is 0 Å². The number of hydrogen-bond donors (Lipinski definition) is 1. The highest BCUT2D eigenvalue weighted by molar-refractivity contribution is 9.10. The SMILES string of the molecule is Nc1cc(Br)cnc1SCc1ccc(Cl)cc1. The van der Waals surface area contributed by atoms with E-state index in [1.54, 1.807) is 18.0 Å². The van der Waals surface area contributed by atoms with E-state index in [-0.39, 0.29) is 0 Å².